The van der Waals surface area contributed by atoms with Crippen LogP contribution in [0.1, 0.15) is 44.0 Å². The minimum absolute atomic E-state index is 0.0836. The van der Waals surface area contributed by atoms with Gasteiger partial charge in [-0.3, -0.25) is 9.32 Å². The Morgan fingerprint density at radius 2 is 2.00 bits per heavy atom. The molecule has 0 radical (unpaired) electrons. The monoisotopic (exact) mass is 542 g/mol. The fourth-order valence-electron chi connectivity index (χ4n) is 3.21. The van der Waals surface area contributed by atoms with Gasteiger partial charge in [0.2, 0.25) is 0 Å². The highest BCUT2D eigenvalue weighted by Gasteiger charge is 2.36. The number of anilines is 1. The zero-order chi connectivity index (χ0) is 25.7. The van der Waals surface area contributed by atoms with Gasteiger partial charge in [0.05, 0.1) is 12.7 Å². The average Bonchev–Trinajstić information content (AvgIpc) is 2.97. The van der Waals surface area contributed by atoms with Gasteiger partial charge in [-0.25, -0.2) is 19.1 Å². The number of aromatic nitrogens is 2. The van der Waals surface area contributed by atoms with Gasteiger partial charge in [0.15, 0.2) is 0 Å². The molecule has 1 aliphatic rings. The lowest BCUT2D eigenvalue weighted by Crippen LogP contribution is -2.37. The molecule has 0 bridgehead atoms. The molecule has 0 spiro atoms. The number of thioether (sulfide) groups is 1. The van der Waals surface area contributed by atoms with E-state index in [0.29, 0.717) is 22.0 Å². The van der Waals surface area contributed by atoms with E-state index in [-0.39, 0.29) is 44.7 Å². The molecule has 0 fully saturated rings. The maximum Gasteiger partial charge on any atom is 0.481 e. The van der Waals surface area contributed by atoms with Crippen molar-refractivity contribution in [1.82, 2.24) is 14.9 Å². The highest BCUT2D eigenvalue weighted by atomic mass is 32.2. The summed E-state index contributed by atoms with van der Waals surface area (Å²) >= 11 is 1.27. The number of hydrogen-bond donors (Lipinski definition) is 6. The van der Waals surface area contributed by atoms with Gasteiger partial charge < -0.3 is 35.5 Å². The summed E-state index contributed by atoms with van der Waals surface area (Å²) in [6, 6.07) is 0. The van der Waals surface area contributed by atoms with Crippen molar-refractivity contribution in [3.05, 3.63) is 28.2 Å². The number of allylic oxidation sites excluding steroid dienone is 1. The van der Waals surface area contributed by atoms with Crippen molar-refractivity contribution in [2.75, 3.05) is 12.3 Å². The number of carboxylic acid groups (broad SMARTS) is 1. The quantitative estimate of drug-likeness (QED) is 0.195. The second-order valence-corrected chi connectivity index (χ2v) is 11.5. The molecule has 2 heterocycles. The molecule has 0 aromatic carbocycles. The van der Waals surface area contributed by atoms with Crippen LogP contribution in [0.25, 0.3) is 0 Å². The minimum atomic E-state index is -5.23. The Balaban J connectivity index is 2.15. The van der Waals surface area contributed by atoms with Crippen molar-refractivity contribution in [3.8, 4) is 0 Å². The Labute approximate surface area is 200 Å². The molecule has 17 heteroatoms. The lowest BCUT2D eigenvalue weighted by atomic mass is 10.1. The van der Waals surface area contributed by atoms with Crippen LogP contribution >= 0.6 is 27.4 Å². The van der Waals surface area contributed by atoms with Crippen LogP contribution in [0.3, 0.4) is 0 Å². The second kappa shape index (κ2) is 11.9. The van der Waals surface area contributed by atoms with E-state index in [9.17, 15) is 23.9 Å². The van der Waals surface area contributed by atoms with Gasteiger partial charge >= 0.3 is 21.6 Å². The molecule has 0 saturated heterocycles. The largest absolute Gasteiger partial charge is 0.481 e. The van der Waals surface area contributed by atoms with Crippen LogP contribution in [-0.2, 0) is 29.3 Å². The molecule has 2 rings (SSSR count). The summed E-state index contributed by atoms with van der Waals surface area (Å²) in [4.78, 5) is 48.5. The third-order valence-electron chi connectivity index (χ3n) is 4.78. The number of aryl methyl sites for hydroxylation is 1. The maximum absolute atomic E-state index is 11.7. The van der Waals surface area contributed by atoms with Gasteiger partial charge in [0.1, 0.15) is 17.0 Å². The van der Waals surface area contributed by atoms with Crippen LogP contribution < -0.4 is 5.73 Å². The number of nitrogen functional groups attached to an aromatic ring is 1. The van der Waals surface area contributed by atoms with Crippen LogP contribution in [0.15, 0.2) is 16.8 Å². The van der Waals surface area contributed by atoms with E-state index in [1.54, 1.807) is 20.0 Å². The second-order valence-electron chi connectivity index (χ2n) is 7.45. The molecule has 0 amide bonds. The Hall–Kier alpha value is -1.54. The number of aliphatic hydroxyl groups is 1. The van der Waals surface area contributed by atoms with Gasteiger partial charge in [-0.1, -0.05) is 0 Å². The summed E-state index contributed by atoms with van der Waals surface area (Å²) in [5.74, 6) is -0.193. The predicted octanol–water partition coefficient (Wildman–Crippen LogP) is 1.71. The van der Waals surface area contributed by atoms with Crippen molar-refractivity contribution in [2.24, 2.45) is 0 Å². The molecule has 1 unspecified atom stereocenters. The molecular formula is C17H28N4O10P2S. The van der Waals surface area contributed by atoms with E-state index in [1.807, 2.05) is 4.90 Å². The van der Waals surface area contributed by atoms with Gasteiger partial charge in [0, 0.05) is 41.7 Å². The van der Waals surface area contributed by atoms with Gasteiger partial charge in [0.25, 0.3) is 0 Å². The minimum Gasteiger partial charge on any atom is -0.481 e. The number of nitrogens with zero attached hydrogens (tertiary/aromatic N) is 3. The molecule has 0 aliphatic carbocycles. The Bertz CT molecular complexity index is 1020. The maximum atomic E-state index is 11.7. The summed E-state index contributed by atoms with van der Waals surface area (Å²) in [5, 5.41) is 19.1. The van der Waals surface area contributed by atoms with E-state index >= 15 is 0 Å². The van der Waals surface area contributed by atoms with Crippen molar-refractivity contribution < 1.29 is 47.7 Å². The molecule has 192 valence electrons. The van der Waals surface area contributed by atoms with Crippen LogP contribution in [0.4, 0.5) is 5.82 Å². The lowest BCUT2D eigenvalue weighted by molar-refractivity contribution is -0.137. The number of aliphatic hydroxyl groups excluding tert-OH is 1. The first-order valence-electron chi connectivity index (χ1n) is 10.0. The molecule has 3 atom stereocenters. The number of phosphoric acid groups is 2. The summed E-state index contributed by atoms with van der Waals surface area (Å²) < 4.78 is 30.9. The van der Waals surface area contributed by atoms with Gasteiger partial charge in [-0.15, -0.1) is 11.8 Å². The van der Waals surface area contributed by atoms with Crippen LogP contribution in [0.5, 0.6) is 0 Å². The highest BCUT2D eigenvalue weighted by molar-refractivity contribution is 8.03. The van der Waals surface area contributed by atoms with E-state index in [1.165, 1.54) is 11.8 Å². The van der Waals surface area contributed by atoms with Crippen LogP contribution in [0, 0.1) is 6.92 Å². The number of carboxylic acids is 1. The first kappa shape index (κ1) is 28.7. The molecule has 34 heavy (non-hydrogen) atoms. The summed E-state index contributed by atoms with van der Waals surface area (Å²) in [6.07, 6.45) is 1.15. The first-order chi connectivity index (χ1) is 15.7. The molecule has 0 saturated carbocycles. The highest BCUT2D eigenvalue weighted by Crippen LogP contribution is 2.57. The molecule has 1 aromatic rings. The fourth-order valence-corrected chi connectivity index (χ4v) is 6.23. The smallest absolute Gasteiger partial charge is 0.481 e. The van der Waals surface area contributed by atoms with E-state index in [2.05, 4.69) is 18.8 Å². The Kier molecular flexibility index (Phi) is 10.1. The zero-order valence-electron chi connectivity index (χ0n) is 18.5. The van der Waals surface area contributed by atoms with Crippen molar-refractivity contribution in [2.45, 2.75) is 57.6 Å². The topological polar surface area (TPSA) is 226 Å². The van der Waals surface area contributed by atoms with Crippen molar-refractivity contribution >= 4 is 39.2 Å². The van der Waals surface area contributed by atoms with Crippen LogP contribution in [-0.4, -0.2) is 63.8 Å². The van der Waals surface area contributed by atoms with Gasteiger partial charge in [-0.05, 0) is 26.7 Å². The fraction of sp³-hybridized carbons (Fsp3) is 0.588. The summed E-state index contributed by atoms with van der Waals surface area (Å²) in [6.45, 7) is 3.32. The Morgan fingerprint density at radius 1 is 1.32 bits per heavy atom. The van der Waals surface area contributed by atoms with Gasteiger partial charge in [-0.2, -0.15) is 4.31 Å². The standard InChI is InChI=1S/C17H28N4O10P2S/c1-10-14(6-7-30-33(28,29)31-32(25,26)27)34-17(13(22)4-3-5-15(23)24)21(10)9-12-8-19-11(2)20-16(12)18/h8,13,17,22H,3-7,9H2,1-2H3,(H,23,24)(H,28,29)(H2,18,19,20)(H2,25,26,27)/t13-,17-/m1/s1. The average molecular weight is 542 g/mol. The number of rotatable bonds is 13. The van der Waals surface area contributed by atoms with Crippen molar-refractivity contribution in [1.29, 1.82) is 0 Å². The summed E-state index contributed by atoms with van der Waals surface area (Å²) in [5.41, 5.74) is 7.33. The molecule has 1 aromatic heterocycles. The molecular weight excluding hydrogens is 514 g/mol. The molecule has 7 N–H and O–H groups in total. The van der Waals surface area contributed by atoms with E-state index < -0.39 is 33.1 Å². The number of nitrogens with two attached hydrogens (primary N) is 1. The third kappa shape index (κ3) is 8.91. The third-order valence-corrected chi connectivity index (χ3v) is 8.56. The summed E-state index contributed by atoms with van der Waals surface area (Å²) in [7, 11) is -10.2. The van der Waals surface area contributed by atoms with E-state index in [4.69, 9.17) is 20.6 Å². The number of aliphatic carboxylic acids is 1. The molecule has 14 nitrogen and oxygen atoms in total. The van der Waals surface area contributed by atoms with Crippen molar-refractivity contribution in [3.63, 3.8) is 0 Å². The number of carbonyl (C=O) groups is 1. The Morgan fingerprint density at radius 3 is 2.59 bits per heavy atom. The first-order valence-corrected chi connectivity index (χ1v) is 13.9. The predicted molar refractivity (Wildman–Crippen MR) is 122 cm³/mol. The zero-order valence-corrected chi connectivity index (χ0v) is 21.1. The van der Waals surface area contributed by atoms with E-state index in [0.717, 1.165) is 0 Å². The molecule has 1 aliphatic heterocycles. The normalized spacial score (nSPS) is 19.4. The van der Waals surface area contributed by atoms with Crippen LogP contribution in [0.2, 0.25) is 0 Å². The lowest BCUT2D eigenvalue weighted by Gasteiger charge is -2.31. The number of hydrogen-bond acceptors (Lipinski definition) is 11. The SMILES string of the molecule is CC1=C(CCOP(=O)(O)OP(=O)(O)O)S[C@H]([C@H](O)CCCC(=O)O)N1Cc1cnc(C)nc1N. The number of phosphoric ester groups is 1.